The van der Waals surface area contributed by atoms with Crippen LogP contribution in [-0.2, 0) is 0 Å². The molecule has 1 aliphatic rings. The molecule has 138 valence electrons. The molecular formula is C22H17N3O3. The second kappa shape index (κ2) is 6.74. The minimum Gasteiger partial charge on any atom is -0.497 e. The lowest BCUT2D eigenvalue weighted by Crippen LogP contribution is -1.92. The Balaban J connectivity index is 1.59. The minimum atomic E-state index is 0.255. The molecule has 4 aromatic rings. The second-order valence-corrected chi connectivity index (χ2v) is 6.31. The predicted octanol–water partition coefficient (Wildman–Crippen LogP) is 4.49. The topological polar surface area (TPSA) is 57.4 Å². The first-order valence-corrected chi connectivity index (χ1v) is 8.87. The Kier molecular flexibility index (Phi) is 3.94. The SMILES string of the molecule is COc1ccc(-c2nc3ccccn3c2/N=C/c2ccc3c(c2)OCO3)cc1. The average molecular weight is 371 g/mol. The van der Waals surface area contributed by atoms with Crippen LogP contribution in [0, 0.1) is 0 Å². The molecule has 6 nitrogen and oxygen atoms in total. The Labute approximate surface area is 161 Å². The van der Waals surface area contributed by atoms with Gasteiger partial charge in [-0.3, -0.25) is 4.40 Å². The molecule has 0 radical (unpaired) electrons. The zero-order chi connectivity index (χ0) is 18.9. The molecule has 0 spiro atoms. The lowest BCUT2D eigenvalue weighted by molar-refractivity contribution is 0.174. The smallest absolute Gasteiger partial charge is 0.231 e. The molecule has 2 aromatic carbocycles. The third-order valence-electron chi connectivity index (χ3n) is 4.60. The van der Waals surface area contributed by atoms with Gasteiger partial charge in [-0.05, 0) is 60.2 Å². The van der Waals surface area contributed by atoms with Crippen LogP contribution in [0.15, 0.2) is 71.9 Å². The van der Waals surface area contributed by atoms with Crippen molar-refractivity contribution in [1.82, 2.24) is 9.38 Å². The summed E-state index contributed by atoms with van der Waals surface area (Å²) < 4.78 is 18.0. The number of rotatable bonds is 4. The van der Waals surface area contributed by atoms with Crippen molar-refractivity contribution in [3.05, 3.63) is 72.4 Å². The fraction of sp³-hybridized carbons (Fsp3) is 0.0909. The van der Waals surface area contributed by atoms with E-state index >= 15 is 0 Å². The van der Waals surface area contributed by atoms with Crippen LogP contribution in [0.2, 0.25) is 0 Å². The predicted molar refractivity (Wildman–Crippen MR) is 107 cm³/mol. The molecule has 0 aliphatic carbocycles. The van der Waals surface area contributed by atoms with Crippen LogP contribution in [0.4, 0.5) is 5.82 Å². The van der Waals surface area contributed by atoms with E-state index in [2.05, 4.69) is 0 Å². The van der Waals surface area contributed by atoms with Crippen LogP contribution < -0.4 is 14.2 Å². The monoisotopic (exact) mass is 371 g/mol. The molecule has 0 unspecified atom stereocenters. The summed E-state index contributed by atoms with van der Waals surface area (Å²) in [6.45, 7) is 0.255. The number of benzene rings is 2. The van der Waals surface area contributed by atoms with Gasteiger partial charge in [0.1, 0.15) is 17.1 Å². The number of aliphatic imine (C=N–C) groups is 1. The summed E-state index contributed by atoms with van der Waals surface area (Å²) in [5.41, 5.74) is 3.55. The highest BCUT2D eigenvalue weighted by Gasteiger charge is 2.15. The number of aromatic nitrogens is 2. The Morgan fingerprint density at radius 2 is 1.89 bits per heavy atom. The molecule has 0 bridgehead atoms. The Bertz CT molecular complexity index is 1180. The van der Waals surface area contributed by atoms with E-state index in [0.717, 1.165) is 45.5 Å². The maximum absolute atomic E-state index is 5.45. The third kappa shape index (κ3) is 2.85. The number of hydrogen-bond donors (Lipinski definition) is 0. The molecule has 6 heteroatoms. The number of imidazole rings is 1. The number of pyridine rings is 1. The van der Waals surface area contributed by atoms with Crippen molar-refractivity contribution in [1.29, 1.82) is 0 Å². The first-order chi connectivity index (χ1) is 13.8. The fourth-order valence-electron chi connectivity index (χ4n) is 3.18. The highest BCUT2D eigenvalue weighted by Crippen LogP contribution is 2.34. The van der Waals surface area contributed by atoms with Gasteiger partial charge in [-0.1, -0.05) is 6.07 Å². The van der Waals surface area contributed by atoms with Crippen molar-refractivity contribution in [2.75, 3.05) is 13.9 Å². The van der Waals surface area contributed by atoms with Crippen molar-refractivity contribution in [3.8, 4) is 28.5 Å². The molecule has 28 heavy (non-hydrogen) atoms. The van der Waals surface area contributed by atoms with E-state index in [1.54, 1.807) is 7.11 Å². The van der Waals surface area contributed by atoms with Gasteiger partial charge in [0.05, 0.1) is 7.11 Å². The first-order valence-electron chi connectivity index (χ1n) is 8.87. The van der Waals surface area contributed by atoms with Gasteiger partial charge in [-0.25, -0.2) is 9.98 Å². The second-order valence-electron chi connectivity index (χ2n) is 6.31. The van der Waals surface area contributed by atoms with Crippen LogP contribution in [0.5, 0.6) is 17.2 Å². The van der Waals surface area contributed by atoms with E-state index in [1.165, 1.54) is 0 Å². The molecule has 1 aliphatic heterocycles. The van der Waals surface area contributed by atoms with Gasteiger partial charge in [0.15, 0.2) is 17.3 Å². The zero-order valence-corrected chi connectivity index (χ0v) is 15.2. The first kappa shape index (κ1) is 16.4. The molecule has 0 N–H and O–H groups in total. The van der Waals surface area contributed by atoms with Crippen molar-refractivity contribution < 1.29 is 14.2 Å². The largest absolute Gasteiger partial charge is 0.497 e. The van der Waals surface area contributed by atoms with Gasteiger partial charge >= 0.3 is 0 Å². The van der Waals surface area contributed by atoms with Crippen LogP contribution in [-0.4, -0.2) is 29.5 Å². The lowest BCUT2D eigenvalue weighted by atomic mass is 10.1. The summed E-state index contributed by atoms with van der Waals surface area (Å²) in [7, 11) is 1.65. The molecule has 0 atom stereocenters. The van der Waals surface area contributed by atoms with Gasteiger partial charge in [0.2, 0.25) is 6.79 Å². The molecular weight excluding hydrogens is 354 g/mol. The number of hydrogen-bond acceptors (Lipinski definition) is 5. The normalized spacial score (nSPS) is 12.8. The van der Waals surface area contributed by atoms with Gasteiger partial charge in [-0.2, -0.15) is 0 Å². The Morgan fingerprint density at radius 3 is 2.75 bits per heavy atom. The highest BCUT2D eigenvalue weighted by molar-refractivity contribution is 5.86. The molecule has 3 heterocycles. The summed E-state index contributed by atoms with van der Waals surface area (Å²) in [5, 5.41) is 0. The van der Waals surface area contributed by atoms with E-state index in [4.69, 9.17) is 24.2 Å². The summed E-state index contributed by atoms with van der Waals surface area (Å²) >= 11 is 0. The van der Waals surface area contributed by atoms with E-state index in [9.17, 15) is 0 Å². The summed E-state index contributed by atoms with van der Waals surface area (Å²) in [4.78, 5) is 9.53. The zero-order valence-electron chi connectivity index (χ0n) is 15.2. The number of methoxy groups -OCH3 is 1. The van der Waals surface area contributed by atoms with Crippen molar-refractivity contribution in [3.63, 3.8) is 0 Å². The van der Waals surface area contributed by atoms with Crippen LogP contribution in [0.1, 0.15) is 5.56 Å². The quantitative estimate of drug-likeness (QED) is 0.496. The van der Waals surface area contributed by atoms with Crippen LogP contribution >= 0.6 is 0 Å². The van der Waals surface area contributed by atoms with Crippen LogP contribution in [0.3, 0.4) is 0 Å². The number of ether oxygens (including phenoxy) is 3. The molecule has 0 amide bonds. The van der Waals surface area contributed by atoms with Gasteiger partial charge in [0.25, 0.3) is 0 Å². The summed E-state index contributed by atoms with van der Waals surface area (Å²) in [5.74, 6) is 3.06. The maximum Gasteiger partial charge on any atom is 0.231 e. The standard InChI is InChI=1S/C22H17N3O3/c1-26-17-8-6-16(7-9-17)21-22(25-11-3-2-4-20(25)24-21)23-13-15-5-10-18-19(12-15)28-14-27-18/h2-13H,14H2,1H3/b23-13+. The van der Waals surface area contributed by atoms with Crippen molar-refractivity contribution in [2.45, 2.75) is 0 Å². The minimum absolute atomic E-state index is 0.255. The highest BCUT2D eigenvalue weighted by atomic mass is 16.7. The lowest BCUT2D eigenvalue weighted by Gasteiger charge is -2.03. The van der Waals surface area contributed by atoms with Crippen molar-refractivity contribution >= 4 is 17.7 Å². The Hall–Kier alpha value is -3.80. The van der Waals surface area contributed by atoms with E-state index in [0.29, 0.717) is 0 Å². The van der Waals surface area contributed by atoms with Crippen molar-refractivity contribution in [2.24, 2.45) is 4.99 Å². The number of fused-ring (bicyclic) bond motifs is 2. The summed E-state index contributed by atoms with van der Waals surface area (Å²) in [6, 6.07) is 19.5. The Morgan fingerprint density at radius 1 is 1.04 bits per heavy atom. The van der Waals surface area contributed by atoms with Crippen LogP contribution in [0.25, 0.3) is 16.9 Å². The van der Waals surface area contributed by atoms with E-state index in [1.807, 2.05) is 77.5 Å². The average Bonchev–Trinajstić information content (AvgIpc) is 3.36. The van der Waals surface area contributed by atoms with Gasteiger partial charge < -0.3 is 14.2 Å². The van der Waals surface area contributed by atoms with Gasteiger partial charge in [-0.15, -0.1) is 0 Å². The molecule has 2 aromatic heterocycles. The molecule has 0 saturated carbocycles. The molecule has 0 saturated heterocycles. The third-order valence-corrected chi connectivity index (χ3v) is 4.60. The fourth-order valence-corrected chi connectivity index (χ4v) is 3.18. The molecule has 0 fully saturated rings. The summed E-state index contributed by atoms with van der Waals surface area (Å²) in [6.07, 6.45) is 3.77. The van der Waals surface area contributed by atoms with E-state index < -0.39 is 0 Å². The molecule has 5 rings (SSSR count). The van der Waals surface area contributed by atoms with Gasteiger partial charge in [0, 0.05) is 18.0 Å². The maximum atomic E-state index is 5.45. The van der Waals surface area contributed by atoms with E-state index in [-0.39, 0.29) is 6.79 Å². The number of nitrogens with zero attached hydrogens (tertiary/aromatic N) is 3.